The maximum Gasteiger partial charge on any atom is 0.241 e. The highest BCUT2D eigenvalue weighted by atomic mass is 35.5. The van der Waals surface area contributed by atoms with Crippen molar-refractivity contribution in [1.82, 2.24) is 19.6 Å². The molecule has 0 spiro atoms. The van der Waals surface area contributed by atoms with Crippen LogP contribution < -0.4 is 5.32 Å². The molecule has 25 heavy (non-hydrogen) atoms. The van der Waals surface area contributed by atoms with Gasteiger partial charge < -0.3 is 10.1 Å². The molecule has 0 unspecified atom stereocenters. The van der Waals surface area contributed by atoms with E-state index in [0.717, 1.165) is 25.1 Å². The Hall–Kier alpha value is -1.47. The van der Waals surface area contributed by atoms with Crippen LogP contribution in [0.3, 0.4) is 0 Å². The third-order valence-corrected chi connectivity index (χ3v) is 5.94. The summed E-state index contributed by atoms with van der Waals surface area (Å²) in [7, 11) is 0. The molecule has 6 nitrogen and oxygen atoms in total. The fraction of sp³-hybridized carbons (Fsp3) is 0.706. The topological polar surface area (TPSA) is 64.3 Å². The smallest absolute Gasteiger partial charge is 0.241 e. The first-order valence-corrected chi connectivity index (χ1v) is 9.41. The van der Waals surface area contributed by atoms with Crippen molar-refractivity contribution in [3.63, 3.8) is 0 Å². The second-order valence-electron chi connectivity index (χ2n) is 7.08. The van der Waals surface area contributed by atoms with Crippen LogP contribution in [0.15, 0.2) is 6.20 Å². The van der Waals surface area contributed by atoms with Crippen molar-refractivity contribution in [3.05, 3.63) is 17.2 Å². The summed E-state index contributed by atoms with van der Waals surface area (Å²) in [6.07, 6.45) is 6.79. The normalized spacial score (nSPS) is 26.2. The van der Waals surface area contributed by atoms with Gasteiger partial charge in [0.1, 0.15) is 17.5 Å². The van der Waals surface area contributed by atoms with Gasteiger partial charge in [0.15, 0.2) is 5.15 Å². The van der Waals surface area contributed by atoms with E-state index in [-0.39, 0.29) is 18.1 Å². The van der Waals surface area contributed by atoms with Crippen molar-refractivity contribution in [2.75, 3.05) is 18.5 Å². The van der Waals surface area contributed by atoms with E-state index in [4.69, 9.17) is 16.3 Å². The average molecular weight is 368 g/mol. The maximum atomic E-state index is 14.0. The number of nitrogens with zero attached hydrogens (tertiary/aromatic N) is 4. The fourth-order valence-electron chi connectivity index (χ4n) is 4.08. The van der Waals surface area contributed by atoms with E-state index < -0.39 is 6.17 Å². The molecule has 1 aliphatic heterocycles. The molecule has 136 valence electrons. The number of alkyl halides is 1. The van der Waals surface area contributed by atoms with Crippen LogP contribution in [0.5, 0.6) is 0 Å². The second-order valence-corrected chi connectivity index (χ2v) is 7.43. The van der Waals surface area contributed by atoms with Gasteiger partial charge in [0.2, 0.25) is 5.95 Å². The van der Waals surface area contributed by atoms with E-state index in [9.17, 15) is 4.39 Å². The molecule has 1 saturated carbocycles. The van der Waals surface area contributed by atoms with Crippen LogP contribution in [0.1, 0.15) is 51.3 Å². The van der Waals surface area contributed by atoms with Gasteiger partial charge in [-0.15, -0.1) is 5.10 Å². The Morgan fingerprint density at radius 1 is 1.44 bits per heavy atom. The second kappa shape index (κ2) is 6.68. The zero-order valence-electron chi connectivity index (χ0n) is 14.3. The Bertz CT molecular complexity index is 761. The third-order valence-electron chi connectivity index (χ3n) is 5.66. The lowest BCUT2D eigenvalue weighted by molar-refractivity contribution is 0.0284. The Labute approximate surface area is 151 Å². The minimum Gasteiger partial charge on any atom is -0.378 e. The van der Waals surface area contributed by atoms with E-state index in [1.165, 1.54) is 12.8 Å². The van der Waals surface area contributed by atoms with Crippen molar-refractivity contribution in [2.45, 2.75) is 63.1 Å². The van der Waals surface area contributed by atoms with Gasteiger partial charge in [-0.25, -0.2) is 18.9 Å². The Balaban J connectivity index is 1.70. The lowest BCUT2D eigenvalue weighted by atomic mass is 9.82. The minimum absolute atomic E-state index is 0.0168. The summed E-state index contributed by atoms with van der Waals surface area (Å²) in [4.78, 5) is 8.93. The number of fused-ring (bicyclic) bond motifs is 1. The molecule has 2 aliphatic rings. The summed E-state index contributed by atoms with van der Waals surface area (Å²) in [5.41, 5.74) is 0.717. The highest BCUT2D eigenvalue weighted by molar-refractivity contribution is 6.32. The van der Waals surface area contributed by atoms with Crippen molar-refractivity contribution >= 4 is 23.1 Å². The first-order chi connectivity index (χ1) is 12.1. The lowest BCUT2D eigenvalue weighted by Gasteiger charge is -2.27. The molecule has 4 rings (SSSR count). The molecular weight excluding hydrogens is 345 g/mol. The SMILES string of the molecule is CCC1(c2nc(Cl)c3cnc(N[C@H]4CCOC[C@H]4F)nn23)CCCC1. The zero-order valence-corrected chi connectivity index (χ0v) is 15.1. The summed E-state index contributed by atoms with van der Waals surface area (Å²) in [5, 5.41) is 8.14. The number of anilines is 1. The van der Waals surface area contributed by atoms with Crippen molar-refractivity contribution in [1.29, 1.82) is 0 Å². The summed E-state index contributed by atoms with van der Waals surface area (Å²) >= 11 is 6.33. The third kappa shape index (κ3) is 2.97. The predicted octanol–water partition coefficient (Wildman–Crippen LogP) is 3.54. The molecule has 8 heteroatoms. The van der Waals surface area contributed by atoms with Crippen molar-refractivity contribution < 1.29 is 9.13 Å². The standard InChI is InChI=1S/C17H23ClFN5O/c1-2-17(6-3-4-7-17)15-22-14(18)13-9-20-16(23-24(13)15)21-12-5-8-25-10-11(12)19/h9,11-12H,2-8,10H2,1H3,(H,21,23)/t11-,12+/m1/s1. The molecule has 0 radical (unpaired) electrons. The Kier molecular flexibility index (Phi) is 4.54. The monoisotopic (exact) mass is 367 g/mol. The molecule has 2 aromatic rings. The highest BCUT2D eigenvalue weighted by Crippen LogP contribution is 2.43. The number of halogens is 2. The summed E-state index contributed by atoms with van der Waals surface area (Å²) in [5.74, 6) is 1.31. The molecule has 1 saturated heterocycles. The van der Waals surface area contributed by atoms with Gasteiger partial charge in [-0.05, 0) is 25.7 Å². The molecule has 2 atom stereocenters. The fourth-order valence-corrected chi connectivity index (χ4v) is 4.29. The summed E-state index contributed by atoms with van der Waals surface area (Å²) < 4.78 is 21.0. The lowest BCUT2D eigenvalue weighted by Crippen LogP contribution is -2.39. The van der Waals surface area contributed by atoms with E-state index >= 15 is 0 Å². The van der Waals surface area contributed by atoms with Crippen LogP contribution in [0.4, 0.5) is 10.3 Å². The molecule has 0 aromatic carbocycles. The number of rotatable bonds is 4. The highest BCUT2D eigenvalue weighted by Gasteiger charge is 2.38. The molecule has 1 aliphatic carbocycles. The van der Waals surface area contributed by atoms with Crippen molar-refractivity contribution in [2.24, 2.45) is 0 Å². The van der Waals surface area contributed by atoms with Gasteiger partial charge in [0.05, 0.1) is 18.8 Å². The molecule has 2 fully saturated rings. The van der Waals surface area contributed by atoms with Crippen LogP contribution in [-0.4, -0.2) is 45.0 Å². The predicted molar refractivity (Wildman–Crippen MR) is 94.0 cm³/mol. The number of hydrogen-bond donors (Lipinski definition) is 1. The quantitative estimate of drug-likeness (QED) is 0.895. The number of nitrogens with one attached hydrogen (secondary N) is 1. The van der Waals surface area contributed by atoms with E-state index in [2.05, 4.69) is 27.3 Å². The molecule has 0 amide bonds. The van der Waals surface area contributed by atoms with Gasteiger partial charge in [0, 0.05) is 12.0 Å². The summed E-state index contributed by atoms with van der Waals surface area (Å²) in [6, 6.07) is -0.333. The number of imidazole rings is 1. The van der Waals surface area contributed by atoms with E-state index in [0.29, 0.717) is 29.6 Å². The summed E-state index contributed by atoms with van der Waals surface area (Å²) in [6.45, 7) is 2.85. The van der Waals surface area contributed by atoms with Crippen LogP contribution in [-0.2, 0) is 10.2 Å². The van der Waals surface area contributed by atoms with Gasteiger partial charge in [-0.1, -0.05) is 31.4 Å². The van der Waals surface area contributed by atoms with Gasteiger partial charge in [-0.2, -0.15) is 0 Å². The van der Waals surface area contributed by atoms with Crippen LogP contribution in [0, 0.1) is 0 Å². The van der Waals surface area contributed by atoms with Crippen molar-refractivity contribution in [3.8, 4) is 0 Å². The molecule has 2 aromatic heterocycles. The first kappa shape index (κ1) is 17.0. The molecule has 3 heterocycles. The van der Waals surface area contributed by atoms with E-state index in [1.54, 1.807) is 10.7 Å². The minimum atomic E-state index is -1.06. The Morgan fingerprint density at radius 3 is 2.96 bits per heavy atom. The number of ether oxygens (including phenoxy) is 1. The molecular formula is C17H23ClFN5O. The number of aromatic nitrogens is 4. The largest absolute Gasteiger partial charge is 0.378 e. The van der Waals surface area contributed by atoms with Gasteiger partial charge in [-0.3, -0.25) is 0 Å². The van der Waals surface area contributed by atoms with Crippen LogP contribution in [0.2, 0.25) is 5.15 Å². The van der Waals surface area contributed by atoms with Gasteiger partial charge >= 0.3 is 0 Å². The maximum absolute atomic E-state index is 14.0. The van der Waals surface area contributed by atoms with Crippen LogP contribution >= 0.6 is 11.6 Å². The zero-order chi connectivity index (χ0) is 17.4. The molecule has 1 N–H and O–H groups in total. The Morgan fingerprint density at radius 2 is 2.24 bits per heavy atom. The van der Waals surface area contributed by atoms with Crippen LogP contribution in [0.25, 0.3) is 5.52 Å². The van der Waals surface area contributed by atoms with Gasteiger partial charge in [0.25, 0.3) is 0 Å². The molecule has 0 bridgehead atoms. The number of hydrogen-bond acceptors (Lipinski definition) is 5. The average Bonchev–Trinajstić information content (AvgIpc) is 3.23. The van der Waals surface area contributed by atoms with E-state index in [1.807, 2.05) is 0 Å². The first-order valence-electron chi connectivity index (χ1n) is 9.03.